The van der Waals surface area contributed by atoms with Crippen LogP contribution in [0.4, 0.5) is 4.79 Å². The number of benzene rings is 2. The molecule has 3 rings (SSSR count). The summed E-state index contributed by atoms with van der Waals surface area (Å²) in [5, 5.41) is 13.5. The van der Waals surface area contributed by atoms with Crippen LogP contribution < -0.4 is 10.4 Å². The molecule has 40 heavy (non-hydrogen) atoms. The number of unbranched alkanes of at least 4 members (excludes halogenated alkanes) is 1. The van der Waals surface area contributed by atoms with Crippen LogP contribution in [-0.4, -0.2) is 67.9 Å². The Bertz CT molecular complexity index is 1140. The van der Waals surface area contributed by atoms with Gasteiger partial charge in [0.1, 0.15) is 11.2 Å². The second-order valence-corrected chi connectivity index (χ2v) is 16.9. The van der Waals surface area contributed by atoms with E-state index in [0.717, 1.165) is 0 Å². The van der Waals surface area contributed by atoms with Crippen molar-refractivity contribution in [3.05, 3.63) is 72.3 Å². The van der Waals surface area contributed by atoms with Crippen molar-refractivity contribution in [2.45, 2.75) is 83.6 Å². The van der Waals surface area contributed by atoms with E-state index >= 15 is 0 Å². The SMILES string of the molecule is COC(=O)[C@@H]1/C(=C\CCCO[Si](c2ccccc2)(c2ccccc2)C(C)(C)C)[C@](C)(O)CN1C(=O)OC(C)(C)C. The molecule has 1 fully saturated rings. The van der Waals surface area contributed by atoms with Gasteiger partial charge in [-0.05, 0) is 61.5 Å². The van der Waals surface area contributed by atoms with Crippen LogP contribution in [0, 0.1) is 0 Å². The summed E-state index contributed by atoms with van der Waals surface area (Å²) in [4.78, 5) is 27.0. The Morgan fingerprint density at radius 2 is 1.52 bits per heavy atom. The molecule has 0 radical (unpaired) electrons. The summed E-state index contributed by atoms with van der Waals surface area (Å²) >= 11 is 0. The van der Waals surface area contributed by atoms with E-state index in [4.69, 9.17) is 13.9 Å². The molecule has 0 aromatic heterocycles. The molecular weight excluding hydrogens is 522 g/mol. The van der Waals surface area contributed by atoms with Crippen molar-refractivity contribution in [3.8, 4) is 0 Å². The second-order valence-electron chi connectivity index (χ2n) is 12.6. The summed E-state index contributed by atoms with van der Waals surface area (Å²) in [6.07, 6.45) is 2.41. The molecule has 2 atom stereocenters. The number of carbonyl (C=O) groups excluding carboxylic acids is 2. The van der Waals surface area contributed by atoms with Gasteiger partial charge in [0, 0.05) is 6.61 Å². The minimum absolute atomic E-state index is 0.0634. The average Bonchev–Trinajstić information content (AvgIpc) is 3.15. The highest BCUT2D eigenvalue weighted by molar-refractivity contribution is 6.99. The van der Waals surface area contributed by atoms with Gasteiger partial charge in [-0.1, -0.05) is 87.5 Å². The Morgan fingerprint density at radius 1 is 1.00 bits per heavy atom. The van der Waals surface area contributed by atoms with Crippen molar-refractivity contribution in [1.29, 1.82) is 0 Å². The lowest BCUT2D eigenvalue weighted by molar-refractivity contribution is -0.144. The van der Waals surface area contributed by atoms with E-state index < -0.39 is 37.6 Å². The maximum absolute atomic E-state index is 12.9. The smallest absolute Gasteiger partial charge is 0.411 e. The van der Waals surface area contributed by atoms with Gasteiger partial charge in [-0.3, -0.25) is 4.90 Å². The van der Waals surface area contributed by atoms with Gasteiger partial charge in [-0.15, -0.1) is 0 Å². The third kappa shape index (κ3) is 6.85. The largest absolute Gasteiger partial charge is 0.467 e. The summed E-state index contributed by atoms with van der Waals surface area (Å²) in [6, 6.07) is 19.9. The number of ether oxygens (including phenoxy) is 2. The van der Waals surface area contributed by atoms with Crippen LogP contribution in [0.15, 0.2) is 72.3 Å². The molecule has 1 amide bonds. The molecule has 0 saturated carbocycles. The van der Waals surface area contributed by atoms with Gasteiger partial charge in [0.05, 0.1) is 13.7 Å². The van der Waals surface area contributed by atoms with Gasteiger partial charge >= 0.3 is 12.1 Å². The normalized spacial score (nSPS) is 21.0. The minimum atomic E-state index is -2.66. The Labute approximate surface area is 240 Å². The van der Waals surface area contributed by atoms with E-state index in [9.17, 15) is 14.7 Å². The van der Waals surface area contributed by atoms with E-state index in [1.165, 1.54) is 22.4 Å². The number of aliphatic hydroxyl groups is 1. The van der Waals surface area contributed by atoms with Crippen LogP contribution in [0.3, 0.4) is 0 Å². The third-order valence-electron chi connectivity index (χ3n) is 7.21. The van der Waals surface area contributed by atoms with Crippen LogP contribution in [0.5, 0.6) is 0 Å². The number of β-amino-alcohol motifs (C(OH)–C–C–N with tert-alkyl or cyclic N) is 1. The summed E-state index contributed by atoms with van der Waals surface area (Å²) in [7, 11) is -1.38. The zero-order valence-electron chi connectivity index (χ0n) is 25.2. The molecular formula is C32H45NO6Si. The molecule has 7 nitrogen and oxygen atoms in total. The van der Waals surface area contributed by atoms with E-state index in [-0.39, 0.29) is 11.6 Å². The standard InChI is InChI=1S/C32H45NO6Si/c1-30(2,3)39-29(35)33-23-32(7,36)26(27(33)28(34)37-8)21-15-16-22-38-40(31(4,5)6,24-17-11-9-12-18-24)25-19-13-10-14-20-25/h9-14,17-21,27,36H,15-16,22-23H2,1-8H3/b26-21+/t27-,32+/m0/s1. The van der Waals surface area contributed by atoms with Gasteiger partial charge in [-0.25, -0.2) is 9.59 Å². The van der Waals surface area contributed by atoms with Crippen molar-refractivity contribution in [3.63, 3.8) is 0 Å². The molecule has 2 aromatic carbocycles. The molecule has 218 valence electrons. The quantitative estimate of drug-likeness (QED) is 0.213. The first kappa shape index (κ1) is 31.6. The first-order valence-electron chi connectivity index (χ1n) is 13.9. The molecule has 0 spiro atoms. The number of allylic oxidation sites excluding steroid dienone is 1. The van der Waals surface area contributed by atoms with Gasteiger partial charge in [0.15, 0.2) is 6.04 Å². The van der Waals surface area contributed by atoms with E-state index in [1.54, 1.807) is 27.7 Å². The Kier molecular flexibility index (Phi) is 9.70. The van der Waals surface area contributed by atoms with Crippen molar-refractivity contribution >= 4 is 30.8 Å². The fraction of sp³-hybridized carbons (Fsp3) is 0.500. The highest BCUT2D eigenvalue weighted by atomic mass is 28.4. The predicted molar refractivity (Wildman–Crippen MR) is 160 cm³/mol. The fourth-order valence-corrected chi connectivity index (χ4v) is 10.1. The van der Waals surface area contributed by atoms with Crippen molar-refractivity contribution in [2.75, 3.05) is 20.3 Å². The first-order chi connectivity index (χ1) is 18.6. The number of nitrogens with zero attached hydrogens (tertiary/aromatic N) is 1. The molecule has 1 aliphatic heterocycles. The summed E-state index contributed by atoms with van der Waals surface area (Å²) in [6.45, 7) is 14.0. The number of amides is 1. The van der Waals surface area contributed by atoms with Crippen LogP contribution in [0.25, 0.3) is 0 Å². The van der Waals surface area contributed by atoms with Crippen molar-refractivity contribution in [2.24, 2.45) is 0 Å². The highest BCUT2D eigenvalue weighted by Gasteiger charge is 2.52. The Hall–Kier alpha value is -2.94. The van der Waals surface area contributed by atoms with E-state index in [0.29, 0.717) is 25.0 Å². The lowest BCUT2D eigenvalue weighted by atomic mass is 9.93. The molecule has 2 aromatic rings. The summed E-state index contributed by atoms with van der Waals surface area (Å²) in [5.41, 5.74) is -1.70. The topological polar surface area (TPSA) is 85.3 Å². The predicted octanol–water partition coefficient (Wildman–Crippen LogP) is 4.81. The molecule has 0 aliphatic carbocycles. The maximum Gasteiger partial charge on any atom is 0.411 e. The van der Waals surface area contributed by atoms with E-state index in [1.807, 2.05) is 18.2 Å². The number of rotatable bonds is 8. The molecule has 0 unspecified atom stereocenters. The number of likely N-dealkylation sites (tertiary alicyclic amines) is 1. The van der Waals surface area contributed by atoms with Gasteiger partial charge in [-0.2, -0.15) is 0 Å². The molecule has 0 bridgehead atoms. The van der Waals surface area contributed by atoms with Gasteiger partial charge < -0.3 is 19.0 Å². The highest BCUT2D eigenvalue weighted by Crippen LogP contribution is 2.37. The van der Waals surface area contributed by atoms with Gasteiger partial charge in [0.2, 0.25) is 0 Å². The van der Waals surface area contributed by atoms with E-state index in [2.05, 4.69) is 69.3 Å². The molecule has 1 N–H and O–H groups in total. The summed E-state index contributed by atoms with van der Waals surface area (Å²) in [5.74, 6) is -0.613. The third-order valence-corrected chi connectivity index (χ3v) is 12.2. The van der Waals surface area contributed by atoms with Crippen LogP contribution >= 0.6 is 0 Å². The monoisotopic (exact) mass is 567 g/mol. The minimum Gasteiger partial charge on any atom is -0.467 e. The van der Waals surface area contributed by atoms with Crippen LogP contribution in [-0.2, 0) is 18.7 Å². The zero-order valence-corrected chi connectivity index (χ0v) is 26.2. The summed E-state index contributed by atoms with van der Waals surface area (Å²) < 4.78 is 17.5. The number of hydrogen-bond acceptors (Lipinski definition) is 6. The van der Waals surface area contributed by atoms with Gasteiger partial charge in [0.25, 0.3) is 8.32 Å². The van der Waals surface area contributed by atoms with Crippen molar-refractivity contribution < 1.29 is 28.6 Å². The lowest BCUT2D eigenvalue weighted by Crippen LogP contribution is -2.66. The van der Waals surface area contributed by atoms with Crippen molar-refractivity contribution in [1.82, 2.24) is 4.90 Å². The molecule has 8 heteroatoms. The average molecular weight is 568 g/mol. The number of hydrogen-bond donors (Lipinski definition) is 1. The fourth-order valence-electron chi connectivity index (χ4n) is 5.49. The number of esters is 1. The van der Waals surface area contributed by atoms with Crippen LogP contribution in [0.1, 0.15) is 61.3 Å². The molecule has 1 heterocycles. The van der Waals surface area contributed by atoms with Crippen LogP contribution in [0.2, 0.25) is 5.04 Å². The number of carbonyl (C=O) groups is 2. The lowest BCUT2D eigenvalue weighted by Gasteiger charge is -2.43. The zero-order chi connectivity index (χ0) is 29.8. The maximum atomic E-state index is 12.9. The first-order valence-corrected chi connectivity index (χ1v) is 15.8. The molecule has 1 saturated heterocycles. The second kappa shape index (κ2) is 12.3. The number of methoxy groups -OCH3 is 1. The molecule has 1 aliphatic rings. The Morgan fingerprint density at radius 3 is 1.98 bits per heavy atom. The Balaban J connectivity index is 1.85.